The van der Waals surface area contributed by atoms with Crippen molar-refractivity contribution in [1.82, 2.24) is 4.90 Å². The van der Waals surface area contributed by atoms with E-state index < -0.39 is 0 Å². The van der Waals surface area contributed by atoms with Crippen LogP contribution in [0.1, 0.15) is 25.5 Å². The quantitative estimate of drug-likeness (QED) is 0.793. The Hall–Kier alpha value is -2.24. The van der Waals surface area contributed by atoms with Crippen molar-refractivity contribution < 1.29 is 23.8 Å². The number of ether oxygens (including phenoxy) is 3. The van der Waals surface area contributed by atoms with Gasteiger partial charge in [-0.05, 0) is 6.07 Å². The van der Waals surface area contributed by atoms with Gasteiger partial charge < -0.3 is 19.1 Å². The van der Waals surface area contributed by atoms with Crippen molar-refractivity contribution in [3.8, 4) is 11.5 Å². The highest BCUT2D eigenvalue weighted by atomic mass is 16.5. The molecule has 0 aromatic heterocycles. The Morgan fingerprint density at radius 1 is 1.36 bits per heavy atom. The minimum absolute atomic E-state index is 0.0616. The van der Waals surface area contributed by atoms with Crippen molar-refractivity contribution in [1.29, 1.82) is 0 Å². The lowest BCUT2D eigenvalue weighted by Crippen LogP contribution is -2.41. The fraction of sp³-hybridized carbons (Fsp3) is 0.500. The average molecular weight is 307 g/mol. The number of carbonyl (C=O) groups excluding carboxylic acids is 2. The van der Waals surface area contributed by atoms with Crippen molar-refractivity contribution in [3.63, 3.8) is 0 Å². The molecule has 120 valence electrons. The molecule has 1 aliphatic heterocycles. The van der Waals surface area contributed by atoms with Gasteiger partial charge in [0.15, 0.2) is 11.5 Å². The number of esters is 1. The van der Waals surface area contributed by atoms with Gasteiger partial charge in [-0.3, -0.25) is 9.59 Å². The van der Waals surface area contributed by atoms with Gasteiger partial charge in [0, 0.05) is 26.5 Å². The van der Waals surface area contributed by atoms with Gasteiger partial charge in [-0.1, -0.05) is 12.1 Å². The molecule has 0 saturated carbocycles. The van der Waals surface area contributed by atoms with Gasteiger partial charge in [-0.15, -0.1) is 0 Å². The molecular formula is C16H21NO5. The average Bonchev–Trinajstić information content (AvgIpc) is 2.50. The van der Waals surface area contributed by atoms with Crippen LogP contribution in [0.15, 0.2) is 18.2 Å². The molecule has 1 aromatic carbocycles. The van der Waals surface area contributed by atoms with Crippen molar-refractivity contribution >= 4 is 11.9 Å². The molecule has 2 rings (SSSR count). The highest BCUT2D eigenvalue weighted by Gasteiger charge is 2.37. The summed E-state index contributed by atoms with van der Waals surface area (Å²) in [7, 11) is 3.32. The van der Waals surface area contributed by atoms with Crippen LogP contribution in [0, 0.1) is 5.92 Å². The second kappa shape index (κ2) is 6.68. The van der Waals surface area contributed by atoms with Crippen molar-refractivity contribution in [2.24, 2.45) is 5.92 Å². The minimum Gasteiger partial charge on any atom is -0.493 e. The maximum atomic E-state index is 11.8. The van der Waals surface area contributed by atoms with Crippen LogP contribution in [0.4, 0.5) is 0 Å². The van der Waals surface area contributed by atoms with Crippen LogP contribution in [0.25, 0.3) is 0 Å². The SMILES string of the molecule is COc1cccc2c1OC[C@@H](COC(C)=O)[C@H]2N(C)C(C)=O. The maximum absolute atomic E-state index is 11.8. The third-order valence-corrected chi connectivity index (χ3v) is 3.85. The normalized spacial score (nSPS) is 19.6. The van der Waals surface area contributed by atoms with Crippen LogP contribution in [0.3, 0.4) is 0 Å². The molecule has 0 spiro atoms. The first kappa shape index (κ1) is 16.1. The first-order chi connectivity index (χ1) is 10.5. The van der Waals surface area contributed by atoms with Gasteiger partial charge in [-0.2, -0.15) is 0 Å². The molecule has 0 N–H and O–H groups in total. The molecule has 0 aliphatic carbocycles. The predicted molar refractivity (Wildman–Crippen MR) is 79.8 cm³/mol. The number of methoxy groups -OCH3 is 1. The van der Waals surface area contributed by atoms with Gasteiger partial charge in [0.05, 0.1) is 32.3 Å². The Morgan fingerprint density at radius 2 is 2.09 bits per heavy atom. The molecule has 0 radical (unpaired) electrons. The van der Waals surface area contributed by atoms with Crippen molar-refractivity contribution in [2.45, 2.75) is 19.9 Å². The number of hydrogen-bond donors (Lipinski definition) is 0. The van der Waals surface area contributed by atoms with Crippen LogP contribution >= 0.6 is 0 Å². The Balaban J connectivity index is 2.39. The van der Waals surface area contributed by atoms with Crippen LogP contribution in [0.2, 0.25) is 0 Å². The van der Waals surface area contributed by atoms with E-state index in [1.54, 1.807) is 19.1 Å². The lowest BCUT2D eigenvalue weighted by Gasteiger charge is -2.38. The van der Waals surface area contributed by atoms with E-state index in [4.69, 9.17) is 14.2 Å². The molecular weight excluding hydrogens is 286 g/mol. The fourth-order valence-corrected chi connectivity index (χ4v) is 2.70. The first-order valence-corrected chi connectivity index (χ1v) is 7.12. The monoisotopic (exact) mass is 307 g/mol. The molecule has 0 unspecified atom stereocenters. The summed E-state index contributed by atoms with van der Waals surface area (Å²) in [5.74, 6) is 0.735. The molecule has 1 heterocycles. The number of nitrogens with zero attached hydrogens (tertiary/aromatic N) is 1. The molecule has 0 fully saturated rings. The van der Waals surface area contributed by atoms with E-state index >= 15 is 0 Å². The molecule has 1 aliphatic rings. The van der Waals surface area contributed by atoms with E-state index in [-0.39, 0.29) is 30.4 Å². The zero-order valence-corrected chi connectivity index (χ0v) is 13.3. The van der Waals surface area contributed by atoms with Crippen LogP contribution < -0.4 is 9.47 Å². The summed E-state index contributed by atoms with van der Waals surface area (Å²) in [6, 6.07) is 5.35. The fourth-order valence-electron chi connectivity index (χ4n) is 2.70. The number of rotatable bonds is 4. The van der Waals surface area contributed by atoms with Gasteiger partial charge in [0.1, 0.15) is 0 Å². The van der Waals surface area contributed by atoms with Crippen molar-refractivity contribution in [2.75, 3.05) is 27.4 Å². The van der Waals surface area contributed by atoms with E-state index in [2.05, 4.69) is 0 Å². The molecule has 22 heavy (non-hydrogen) atoms. The Bertz CT molecular complexity index is 572. The van der Waals surface area contributed by atoms with Gasteiger partial charge in [-0.25, -0.2) is 0 Å². The second-order valence-corrected chi connectivity index (χ2v) is 5.33. The Morgan fingerprint density at radius 3 is 2.68 bits per heavy atom. The van der Waals surface area contributed by atoms with E-state index in [0.717, 1.165) is 5.56 Å². The summed E-state index contributed by atoms with van der Waals surface area (Å²) in [5.41, 5.74) is 0.862. The van der Waals surface area contributed by atoms with Gasteiger partial charge in [0.25, 0.3) is 0 Å². The number of carbonyl (C=O) groups is 2. The van der Waals surface area contributed by atoms with Gasteiger partial charge >= 0.3 is 5.97 Å². The van der Waals surface area contributed by atoms with E-state index in [0.29, 0.717) is 18.1 Å². The lowest BCUT2D eigenvalue weighted by atomic mass is 9.89. The summed E-state index contributed by atoms with van der Waals surface area (Å²) in [5, 5.41) is 0. The zero-order valence-electron chi connectivity index (χ0n) is 13.3. The van der Waals surface area contributed by atoms with Crippen LogP contribution in [-0.2, 0) is 14.3 Å². The molecule has 0 saturated heterocycles. The largest absolute Gasteiger partial charge is 0.493 e. The predicted octanol–water partition coefficient (Wildman–Crippen LogP) is 1.79. The Kier molecular flexibility index (Phi) is 4.90. The Labute approximate surface area is 129 Å². The topological polar surface area (TPSA) is 65.1 Å². The molecule has 6 heteroatoms. The molecule has 2 atom stereocenters. The van der Waals surface area contributed by atoms with E-state index in [9.17, 15) is 9.59 Å². The maximum Gasteiger partial charge on any atom is 0.302 e. The number of fused-ring (bicyclic) bond motifs is 1. The third kappa shape index (κ3) is 3.16. The second-order valence-electron chi connectivity index (χ2n) is 5.33. The first-order valence-electron chi connectivity index (χ1n) is 7.12. The van der Waals surface area contributed by atoms with Crippen molar-refractivity contribution in [3.05, 3.63) is 23.8 Å². The highest BCUT2D eigenvalue weighted by molar-refractivity contribution is 5.74. The van der Waals surface area contributed by atoms with E-state index in [1.165, 1.54) is 13.8 Å². The van der Waals surface area contributed by atoms with Crippen LogP contribution in [-0.4, -0.2) is 44.1 Å². The smallest absolute Gasteiger partial charge is 0.302 e. The lowest BCUT2D eigenvalue weighted by molar-refractivity contribution is -0.144. The molecule has 1 aromatic rings. The van der Waals surface area contributed by atoms with Crippen LogP contribution in [0.5, 0.6) is 11.5 Å². The molecule has 1 amide bonds. The summed E-state index contributed by atoms with van der Waals surface area (Å²) in [6.07, 6.45) is 0. The number of hydrogen-bond acceptors (Lipinski definition) is 5. The third-order valence-electron chi connectivity index (χ3n) is 3.85. The summed E-state index contributed by atoms with van der Waals surface area (Å²) in [6.45, 7) is 3.43. The summed E-state index contributed by atoms with van der Waals surface area (Å²) < 4.78 is 16.2. The zero-order chi connectivity index (χ0) is 16.3. The molecule has 0 bridgehead atoms. The number of benzene rings is 1. The highest BCUT2D eigenvalue weighted by Crippen LogP contribution is 2.43. The molecule has 6 nitrogen and oxygen atoms in total. The summed E-state index contributed by atoms with van der Waals surface area (Å²) >= 11 is 0. The van der Waals surface area contributed by atoms with E-state index in [1.807, 2.05) is 18.2 Å². The number of amides is 1. The number of para-hydroxylation sites is 1. The summed E-state index contributed by atoms with van der Waals surface area (Å²) in [4.78, 5) is 24.6. The standard InChI is InChI=1S/C16H21NO5/c1-10(18)17(3)15-12(8-21-11(2)19)9-22-16-13(15)6-5-7-14(16)20-4/h5-7,12,15H,8-9H2,1-4H3/t12-,15-/m1/s1. The minimum atomic E-state index is -0.347. The van der Waals surface area contributed by atoms with Gasteiger partial charge in [0.2, 0.25) is 5.91 Å².